The largest absolute Gasteiger partial charge is 0.452 e. The lowest BCUT2D eigenvalue weighted by Gasteiger charge is -2.18. The summed E-state index contributed by atoms with van der Waals surface area (Å²) in [5.74, 6) is -1.42. The van der Waals surface area contributed by atoms with Crippen LogP contribution >= 0.6 is 23.2 Å². The molecule has 10 heteroatoms. The lowest BCUT2D eigenvalue weighted by atomic mass is 10.2. The average molecular weight is 459 g/mol. The number of esters is 1. The Hall–Kier alpha value is -2.13. The van der Waals surface area contributed by atoms with Crippen molar-refractivity contribution in [2.75, 3.05) is 25.0 Å². The van der Waals surface area contributed by atoms with Crippen molar-refractivity contribution in [3.05, 3.63) is 58.1 Å². The van der Waals surface area contributed by atoms with Crippen molar-refractivity contribution in [3.8, 4) is 0 Å². The average Bonchev–Trinajstić information content (AvgIpc) is 2.67. The Morgan fingerprint density at radius 1 is 1.00 bits per heavy atom. The van der Waals surface area contributed by atoms with Gasteiger partial charge in [0.2, 0.25) is 10.0 Å². The standard InChI is InChI=1S/C19H20Cl2N2O5S/c1-3-23(4-2)29(26,27)14-10-8-13(9-11-14)22-17(24)12-28-19(25)18-15(20)6-5-7-16(18)21/h5-11H,3-4,12H2,1-2H3,(H,22,24). The van der Waals surface area contributed by atoms with Crippen LogP contribution in [-0.2, 0) is 19.6 Å². The van der Waals surface area contributed by atoms with Crippen LogP contribution in [0.4, 0.5) is 5.69 Å². The number of ether oxygens (including phenoxy) is 1. The van der Waals surface area contributed by atoms with Gasteiger partial charge in [0.1, 0.15) is 0 Å². The molecule has 0 saturated carbocycles. The van der Waals surface area contributed by atoms with Crippen LogP contribution in [0.15, 0.2) is 47.4 Å². The molecule has 1 amide bonds. The Morgan fingerprint density at radius 2 is 1.55 bits per heavy atom. The smallest absolute Gasteiger partial charge is 0.341 e. The molecular formula is C19H20Cl2N2O5S. The number of rotatable bonds is 8. The Morgan fingerprint density at radius 3 is 2.07 bits per heavy atom. The van der Waals surface area contributed by atoms with Crippen molar-refractivity contribution in [2.45, 2.75) is 18.7 Å². The molecular weight excluding hydrogens is 439 g/mol. The maximum absolute atomic E-state index is 12.5. The second-order valence-corrected chi connectivity index (χ2v) is 8.59. The summed E-state index contributed by atoms with van der Waals surface area (Å²) in [4.78, 5) is 24.2. The maximum atomic E-state index is 12.5. The van der Waals surface area contributed by atoms with E-state index in [2.05, 4.69) is 5.32 Å². The molecule has 0 atom stereocenters. The molecule has 7 nitrogen and oxygen atoms in total. The molecule has 29 heavy (non-hydrogen) atoms. The van der Waals surface area contributed by atoms with Gasteiger partial charge in [0.05, 0.1) is 20.5 Å². The molecule has 1 N–H and O–H groups in total. The van der Waals surface area contributed by atoms with E-state index < -0.39 is 28.5 Å². The second kappa shape index (κ2) is 10.1. The molecule has 0 radical (unpaired) electrons. The molecule has 0 aliphatic rings. The molecule has 0 bridgehead atoms. The number of halogens is 2. The molecule has 156 valence electrons. The SMILES string of the molecule is CCN(CC)S(=O)(=O)c1ccc(NC(=O)COC(=O)c2c(Cl)cccc2Cl)cc1. The molecule has 0 unspecified atom stereocenters. The minimum Gasteiger partial charge on any atom is -0.452 e. The van der Waals surface area contributed by atoms with Crippen LogP contribution < -0.4 is 5.32 Å². The molecule has 2 aromatic rings. The van der Waals surface area contributed by atoms with Gasteiger partial charge < -0.3 is 10.1 Å². The normalized spacial score (nSPS) is 11.3. The molecule has 0 aliphatic carbocycles. The van der Waals surface area contributed by atoms with Gasteiger partial charge in [0, 0.05) is 18.8 Å². The van der Waals surface area contributed by atoms with Gasteiger partial charge in [-0.05, 0) is 36.4 Å². The van der Waals surface area contributed by atoms with E-state index in [4.69, 9.17) is 27.9 Å². The highest BCUT2D eigenvalue weighted by molar-refractivity contribution is 7.89. The number of hydrogen-bond acceptors (Lipinski definition) is 5. The first kappa shape index (κ1) is 23.2. The summed E-state index contributed by atoms with van der Waals surface area (Å²) in [6.07, 6.45) is 0. The minimum absolute atomic E-state index is 0.0189. The monoisotopic (exact) mass is 458 g/mol. The molecule has 0 fully saturated rings. The predicted molar refractivity (Wildman–Crippen MR) is 112 cm³/mol. The van der Waals surface area contributed by atoms with Gasteiger partial charge in [-0.2, -0.15) is 4.31 Å². The highest BCUT2D eigenvalue weighted by atomic mass is 35.5. The van der Waals surface area contributed by atoms with Crippen LogP contribution in [0.5, 0.6) is 0 Å². The first-order valence-corrected chi connectivity index (χ1v) is 10.9. The number of nitrogens with zero attached hydrogens (tertiary/aromatic N) is 1. The lowest BCUT2D eigenvalue weighted by molar-refractivity contribution is -0.119. The van der Waals surface area contributed by atoms with Gasteiger partial charge in [-0.1, -0.05) is 43.1 Å². The summed E-state index contributed by atoms with van der Waals surface area (Å²) >= 11 is 11.9. The van der Waals surface area contributed by atoms with Crippen LogP contribution in [-0.4, -0.2) is 44.3 Å². The Labute approximate surface area is 179 Å². The van der Waals surface area contributed by atoms with E-state index in [9.17, 15) is 18.0 Å². The Balaban J connectivity index is 1.99. The van der Waals surface area contributed by atoms with Crippen molar-refractivity contribution >= 4 is 50.8 Å². The number of carbonyl (C=O) groups is 2. The van der Waals surface area contributed by atoms with Gasteiger partial charge in [-0.3, -0.25) is 4.79 Å². The minimum atomic E-state index is -3.58. The van der Waals surface area contributed by atoms with Crippen LogP contribution in [0, 0.1) is 0 Å². The Bertz CT molecular complexity index is 970. The van der Waals surface area contributed by atoms with Gasteiger partial charge >= 0.3 is 5.97 Å². The van der Waals surface area contributed by atoms with Gasteiger partial charge in [0.25, 0.3) is 5.91 Å². The van der Waals surface area contributed by atoms with E-state index in [1.165, 1.54) is 40.7 Å². The summed E-state index contributed by atoms with van der Waals surface area (Å²) in [5.41, 5.74) is 0.343. The van der Waals surface area contributed by atoms with Gasteiger partial charge in [-0.15, -0.1) is 0 Å². The topological polar surface area (TPSA) is 92.8 Å². The molecule has 0 saturated heterocycles. The number of nitrogens with one attached hydrogen (secondary N) is 1. The molecule has 2 rings (SSSR count). The molecule has 0 aliphatic heterocycles. The molecule has 0 heterocycles. The van der Waals surface area contributed by atoms with E-state index in [-0.39, 0.29) is 20.5 Å². The third kappa shape index (κ3) is 5.70. The number of carbonyl (C=O) groups excluding carboxylic acids is 2. The third-order valence-corrected chi connectivity index (χ3v) is 6.68. The first-order valence-electron chi connectivity index (χ1n) is 8.71. The van der Waals surface area contributed by atoms with E-state index >= 15 is 0 Å². The van der Waals surface area contributed by atoms with Gasteiger partial charge in [0.15, 0.2) is 6.61 Å². The number of hydrogen-bond donors (Lipinski definition) is 1. The third-order valence-electron chi connectivity index (χ3n) is 3.98. The number of anilines is 1. The second-order valence-electron chi connectivity index (χ2n) is 5.83. The van der Waals surface area contributed by atoms with E-state index in [1.807, 2.05) is 0 Å². The predicted octanol–water partition coefficient (Wildman–Crippen LogP) is 3.82. The van der Waals surface area contributed by atoms with Crippen molar-refractivity contribution < 1.29 is 22.7 Å². The summed E-state index contributed by atoms with van der Waals surface area (Å²) in [6, 6.07) is 10.3. The zero-order valence-corrected chi connectivity index (χ0v) is 18.1. The molecule has 2 aromatic carbocycles. The summed E-state index contributed by atoms with van der Waals surface area (Å²) in [6.45, 7) is 3.68. The van der Waals surface area contributed by atoms with E-state index in [0.717, 1.165) is 0 Å². The summed E-state index contributed by atoms with van der Waals surface area (Å²) in [7, 11) is -3.58. The quantitative estimate of drug-likeness (QED) is 0.606. The number of sulfonamides is 1. The van der Waals surface area contributed by atoms with Crippen LogP contribution in [0.3, 0.4) is 0 Å². The molecule has 0 aromatic heterocycles. The maximum Gasteiger partial charge on any atom is 0.341 e. The fourth-order valence-corrected chi connectivity index (χ4v) is 4.53. The fraction of sp³-hybridized carbons (Fsp3) is 0.263. The summed E-state index contributed by atoms with van der Waals surface area (Å²) in [5, 5.41) is 2.76. The fourth-order valence-electron chi connectivity index (χ4n) is 2.52. The van der Waals surface area contributed by atoms with Crippen LogP contribution in [0.2, 0.25) is 10.0 Å². The van der Waals surface area contributed by atoms with Crippen molar-refractivity contribution in [3.63, 3.8) is 0 Å². The van der Waals surface area contributed by atoms with Crippen molar-refractivity contribution in [1.29, 1.82) is 0 Å². The highest BCUT2D eigenvalue weighted by Crippen LogP contribution is 2.25. The van der Waals surface area contributed by atoms with Crippen LogP contribution in [0.25, 0.3) is 0 Å². The van der Waals surface area contributed by atoms with E-state index in [0.29, 0.717) is 18.8 Å². The lowest BCUT2D eigenvalue weighted by Crippen LogP contribution is -2.30. The van der Waals surface area contributed by atoms with Crippen molar-refractivity contribution in [1.82, 2.24) is 4.31 Å². The van der Waals surface area contributed by atoms with Crippen molar-refractivity contribution in [2.24, 2.45) is 0 Å². The van der Waals surface area contributed by atoms with Gasteiger partial charge in [-0.25, -0.2) is 13.2 Å². The summed E-state index contributed by atoms with van der Waals surface area (Å²) < 4.78 is 31.2. The van der Waals surface area contributed by atoms with E-state index in [1.54, 1.807) is 19.9 Å². The molecule has 0 spiro atoms. The first-order chi connectivity index (χ1) is 13.7. The highest BCUT2D eigenvalue weighted by Gasteiger charge is 2.21. The zero-order chi connectivity index (χ0) is 21.6. The van der Waals surface area contributed by atoms with Crippen LogP contribution in [0.1, 0.15) is 24.2 Å². The Kier molecular flexibility index (Phi) is 8.04. The zero-order valence-electron chi connectivity index (χ0n) is 15.8. The number of benzene rings is 2. The number of amides is 1.